The van der Waals surface area contributed by atoms with Gasteiger partial charge >= 0.3 is 0 Å². The Morgan fingerprint density at radius 2 is 1.82 bits per heavy atom. The van der Waals surface area contributed by atoms with Crippen LogP contribution in [0.2, 0.25) is 0 Å². The SMILES string of the molecule is CC(C)c1ccccc1OCc1ccc(-c2ncco2)cc1. The van der Waals surface area contributed by atoms with Crippen LogP contribution >= 0.6 is 0 Å². The van der Waals surface area contributed by atoms with Crippen LogP contribution in [0, 0.1) is 0 Å². The highest BCUT2D eigenvalue weighted by atomic mass is 16.5. The first-order valence-electron chi connectivity index (χ1n) is 7.44. The molecule has 0 aliphatic heterocycles. The molecule has 0 aliphatic carbocycles. The summed E-state index contributed by atoms with van der Waals surface area (Å²) in [7, 11) is 0. The summed E-state index contributed by atoms with van der Waals surface area (Å²) in [5, 5.41) is 0. The molecular formula is C19H19NO2. The van der Waals surface area contributed by atoms with Gasteiger partial charge in [0.15, 0.2) is 0 Å². The van der Waals surface area contributed by atoms with Crippen molar-refractivity contribution in [1.29, 1.82) is 0 Å². The summed E-state index contributed by atoms with van der Waals surface area (Å²) < 4.78 is 11.3. The smallest absolute Gasteiger partial charge is 0.225 e. The molecule has 2 aromatic carbocycles. The lowest BCUT2D eigenvalue weighted by molar-refractivity contribution is 0.302. The van der Waals surface area contributed by atoms with Crippen LogP contribution in [0.1, 0.15) is 30.9 Å². The normalized spacial score (nSPS) is 10.9. The van der Waals surface area contributed by atoms with E-state index in [1.54, 1.807) is 12.5 Å². The molecule has 1 aromatic heterocycles. The topological polar surface area (TPSA) is 35.3 Å². The van der Waals surface area contributed by atoms with E-state index in [1.165, 1.54) is 5.56 Å². The zero-order chi connectivity index (χ0) is 15.4. The van der Waals surface area contributed by atoms with Gasteiger partial charge in [0.25, 0.3) is 0 Å². The van der Waals surface area contributed by atoms with Gasteiger partial charge in [-0.3, -0.25) is 0 Å². The number of nitrogens with zero attached hydrogens (tertiary/aromatic N) is 1. The van der Waals surface area contributed by atoms with E-state index in [0.29, 0.717) is 18.4 Å². The maximum atomic E-state index is 5.98. The van der Waals surface area contributed by atoms with E-state index in [9.17, 15) is 0 Å². The number of para-hydroxylation sites is 1. The predicted molar refractivity (Wildman–Crippen MR) is 86.8 cm³/mol. The molecule has 0 spiro atoms. The van der Waals surface area contributed by atoms with Gasteiger partial charge in [0, 0.05) is 5.56 Å². The highest BCUT2D eigenvalue weighted by molar-refractivity contribution is 5.53. The third-order valence-electron chi connectivity index (χ3n) is 3.57. The van der Waals surface area contributed by atoms with Crippen molar-refractivity contribution in [3.8, 4) is 17.2 Å². The largest absolute Gasteiger partial charge is 0.489 e. The Morgan fingerprint density at radius 3 is 2.50 bits per heavy atom. The predicted octanol–water partition coefficient (Wildman–Crippen LogP) is 5.04. The summed E-state index contributed by atoms with van der Waals surface area (Å²) in [5.41, 5.74) is 3.32. The molecule has 0 N–H and O–H groups in total. The van der Waals surface area contributed by atoms with Crippen molar-refractivity contribution in [2.45, 2.75) is 26.4 Å². The minimum absolute atomic E-state index is 0.448. The summed E-state index contributed by atoms with van der Waals surface area (Å²) in [5.74, 6) is 2.04. The molecule has 112 valence electrons. The Hall–Kier alpha value is -2.55. The van der Waals surface area contributed by atoms with Gasteiger partial charge in [-0.15, -0.1) is 0 Å². The van der Waals surface area contributed by atoms with Gasteiger partial charge in [-0.05, 0) is 35.2 Å². The van der Waals surface area contributed by atoms with Gasteiger partial charge in [0.05, 0.1) is 6.20 Å². The Balaban J connectivity index is 1.70. The lowest BCUT2D eigenvalue weighted by Gasteiger charge is -2.13. The van der Waals surface area contributed by atoms with Crippen LogP contribution < -0.4 is 4.74 Å². The minimum atomic E-state index is 0.448. The third kappa shape index (κ3) is 3.19. The molecule has 0 radical (unpaired) electrons. The average molecular weight is 293 g/mol. The minimum Gasteiger partial charge on any atom is -0.489 e. The molecule has 0 atom stereocenters. The van der Waals surface area contributed by atoms with Gasteiger partial charge in [-0.2, -0.15) is 0 Å². The summed E-state index contributed by atoms with van der Waals surface area (Å²) in [6.45, 7) is 4.90. The molecule has 0 aliphatic rings. The van der Waals surface area contributed by atoms with Crippen LogP contribution in [-0.2, 0) is 6.61 Å². The van der Waals surface area contributed by atoms with Gasteiger partial charge in [-0.25, -0.2) is 4.98 Å². The molecule has 0 saturated carbocycles. The van der Waals surface area contributed by atoms with E-state index in [4.69, 9.17) is 9.15 Å². The fraction of sp³-hybridized carbons (Fsp3) is 0.211. The maximum Gasteiger partial charge on any atom is 0.225 e. The lowest BCUT2D eigenvalue weighted by Crippen LogP contribution is -1.99. The lowest BCUT2D eigenvalue weighted by atomic mass is 10.0. The Bertz CT molecular complexity index is 715. The number of aromatic nitrogens is 1. The summed E-state index contributed by atoms with van der Waals surface area (Å²) in [4.78, 5) is 4.14. The zero-order valence-electron chi connectivity index (χ0n) is 12.8. The summed E-state index contributed by atoms with van der Waals surface area (Å²) >= 11 is 0. The number of oxazole rings is 1. The number of hydrogen-bond donors (Lipinski definition) is 0. The van der Waals surface area contributed by atoms with Crippen LogP contribution in [0.5, 0.6) is 5.75 Å². The van der Waals surface area contributed by atoms with Crippen LogP contribution in [0.4, 0.5) is 0 Å². The van der Waals surface area contributed by atoms with Crippen molar-refractivity contribution < 1.29 is 9.15 Å². The molecule has 0 amide bonds. The monoisotopic (exact) mass is 293 g/mol. The van der Waals surface area contributed by atoms with E-state index >= 15 is 0 Å². The Kier molecular flexibility index (Phi) is 4.24. The molecule has 0 bridgehead atoms. The molecular weight excluding hydrogens is 274 g/mol. The number of rotatable bonds is 5. The van der Waals surface area contributed by atoms with Crippen molar-refractivity contribution in [2.24, 2.45) is 0 Å². The third-order valence-corrected chi connectivity index (χ3v) is 3.57. The fourth-order valence-electron chi connectivity index (χ4n) is 2.36. The van der Waals surface area contributed by atoms with Crippen molar-refractivity contribution in [3.63, 3.8) is 0 Å². The summed E-state index contributed by atoms with van der Waals surface area (Å²) in [6.07, 6.45) is 3.23. The highest BCUT2D eigenvalue weighted by Crippen LogP contribution is 2.26. The van der Waals surface area contributed by atoms with E-state index in [1.807, 2.05) is 42.5 Å². The first kappa shape index (κ1) is 14.4. The molecule has 22 heavy (non-hydrogen) atoms. The molecule has 3 heteroatoms. The molecule has 3 aromatic rings. The van der Waals surface area contributed by atoms with Crippen LogP contribution in [0.3, 0.4) is 0 Å². The van der Waals surface area contributed by atoms with Crippen molar-refractivity contribution in [2.75, 3.05) is 0 Å². The van der Waals surface area contributed by atoms with Gasteiger partial charge < -0.3 is 9.15 Å². The number of hydrogen-bond acceptors (Lipinski definition) is 3. The first-order valence-corrected chi connectivity index (χ1v) is 7.44. The first-order chi connectivity index (χ1) is 10.7. The van der Waals surface area contributed by atoms with Crippen molar-refractivity contribution >= 4 is 0 Å². The second kappa shape index (κ2) is 6.48. The van der Waals surface area contributed by atoms with Crippen molar-refractivity contribution in [1.82, 2.24) is 4.98 Å². The van der Waals surface area contributed by atoms with Crippen LogP contribution in [-0.4, -0.2) is 4.98 Å². The van der Waals surface area contributed by atoms with Crippen molar-refractivity contribution in [3.05, 3.63) is 72.1 Å². The maximum absolute atomic E-state index is 5.98. The standard InChI is InChI=1S/C19H19NO2/c1-14(2)17-5-3-4-6-18(17)22-13-15-7-9-16(10-8-15)19-20-11-12-21-19/h3-12,14H,13H2,1-2H3. The quantitative estimate of drug-likeness (QED) is 0.660. The average Bonchev–Trinajstić information content (AvgIpc) is 3.08. The Labute approximate surface area is 130 Å². The van der Waals surface area contributed by atoms with E-state index in [0.717, 1.165) is 16.9 Å². The molecule has 3 nitrogen and oxygen atoms in total. The molecule has 0 unspecified atom stereocenters. The van der Waals surface area contributed by atoms with Gasteiger partial charge in [-0.1, -0.05) is 44.2 Å². The molecule has 3 rings (SSSR count). The second-order valence-electron chi connectivity index (χ2n) is 5.52. The van der Waals surface area contributed by atoms with Gasteiger partial charge in [0.2, 0.25) is 5.89 Å². The zero-order valence-corrected chi connectivity index (χ0v) is 12.8. The molecule has 0 saturated heterocycles. The molecule has 1 heterocycles. The highest BCUT2D eigenvalue weighted by Gasteiger charge is 2.07. The second-order valence-corrected chi connectivity index (χ2v) is 5.52. The van der Waals surface area contributed by atoms with Crippen LogP contribution in [0.15, 0.2) is 65.4 Å². The summed E-state index contributed by atoms with van der Waals surface area (Å²) in [6, 6.07) is 16.3. The number of ether oxygens (including phenoxy) is 1. The van der Waals surface area contributed by atoms with Gasteiger partial charge in [0.1, 0.15) is 18.6 Å². The van der Waals surface area contributed by atoms with E-state index < -0.39 is 0 Å². The molecule has 0 fully saturated rings. The van der Waals surface area contributed by atoms with Crippen LogP contribution in [0.25, 0.3) is 11.5 Å². The van der Waals surface area contributed by atoms with E-state index in [2.05, 4.69) is 24.9 Å². The Morgan fingerprint density at radius 1 is 1.05 bits per heavy atom. The number of benzene rings is 2. The fourth-order valence-corrected chi connectivity index (χ4v) is 2.36. The van der Waals surface area contributed by atoms with E-state index in [-0.39, 0.29) is 0 Å².